The molecule has 1 aromatic heterocycles. The summed E-state index contributed by atoms with van der Waals surface area (Å²) in [5, 5.41) is 13.1. The van der Waals surface area contributed by atoms with Gasteiger partial charge in [-0.1, -0.05) is 18.6 Å². The normalized spacial score (nSPS) is 13.9. The van der Waals surface area contributed by atoms with Crippen molar-refractivity contribution in [2.45, 2.75) is 38.4 Å². The standard InChI is InChI=1S/C18H20F3N5O3/c19-18(20,21)11-29-17(28)22-10-15(27)23-13-6-4-5-12(9-13)16-25-24-14-7-2-1-3-8-26(14)16/h4-6,9H,1-3,7-8,10-11H2,(H,22,28)(H,23,27). The van der Waals surface area contributed by atoms with E-state index in [9.17, 15) is 22.8 Å². The van der Waals surface area contributed by atoms with Crippen molar-refractivity contribution in [3.63, 3.8) is 0 Å². The van der Waals surface area contributed by atoms with E-state index in [-0.39, 0.29) is 0 Å². The summed E-state index contributed by atoms with van der Waals surface area (Å²) in [5.74, 6) is 1.05. The van der Waals surface area contributed by atoms with Crippen LogP contribution in [-0.4, -0.2) is 46.1 Å². The van der Waals surface area contributed by atoms with Crippen molar-refractivity contribution in [1.82, 2.24) is 20.1 Å². The van der Waals surface area contributed by atoms with Crippen LogP contribution in [0.2, 0.25) is 0 Å². The molecule has 8 nitrogen and oxygen atoms in total. The molecule has 2 N–H and O–H groups in total. The van der Waals surface area contributed by atoms with Gasteiger partial charge in [-0.3, -0.25) is 4.79 Å². The first kappa shape index (κ1) is 20.6. The molecule has 1 aliphatic heterocycles. The summed E-state index contributed by atoms with van der Waals surface area (Å²) in [6.07, 6.45) is -1.81. The Labute approximate surface area is 164 Å². The predicted octanol–water partition coefficient (Wildman–Crippen LogP) is 2.90. The molecule has 0 atom stereocenters. The number of nitrogens with one attached hydrogen (secondary N) is 2. The van der Waals surface area contributed by atoms with E-state index in [0.29, 0.717) is 11.5 Å². The van der Waals surface area contributed by atoms with Gasteiger partial charge < -0.3 is 19.9 Å². The van der Waals surface area contributed by atoms with Crippen LogP contribution in [0.1, 0.15) is 25.1 Å². The van der Waals surface area contributed by atoms with Crippen LogP contribution in [0.25, 0.3) is 11.4 Å². The minimum atomic E-state index is -4.63. The lowest BCUT2D eigenvalue weighted by atomic mass is 10.2. The second-order valence-electron chi connectivity index (χ2n) is 6.58. The zero-order valence-electron chi connectivity index (χ0n) is 15.5. The molecular formula is C18H20F3N5O3. The third kappa shape index (κ3) is 5.93. The third-order valence-corrected chi connectivity index (χ3v) is 4.27. The van der Waals surface area contributed by atoms with E-state index < -0.39 is 31.3 Å². The molecule has 3 rings (SSSR count). The van der Waals surface area contributed by atoms with Crippen molar-refractivity contribution in [3.8, 4) is 11.4 Å². The molecule has 0 saturated carbocycles. The van der Waals surface area contributed by atoms with Crippen LogP contribution < -0.4 is 10.6 Å². The van der Waals surface area contributed by atoms with E-state index >= 15 is 0 Å². The number of benzene rings is 1. The van der Waals surface area contributed by atoms with Gasteiger partial charge in [0.25, 0.3) is 0 Å². The highest BCUT2D eigenvalue weighted by molar-refractivity contribution is 5.94. The summed E-state index contributed by atoms with van der Waals surface area (Å²) in [6, 6.07) is 6.98. The van der Waals surface area contributed by atoms with E-state index in [1.807, 2.05) is 11.4 Å². The molecule has 2 heterocycles. The Balaban J connectivity index is 1.58. The lowest BCUT2D eigenvalue weighted by molar-refractivity contribution is -0.160. The number of rotatable bonds is 5. The van der Waals surface area contributed by atoms with Gasteiger partial charge in [0.1, 0.15) is 12.4 Å². The number of amides is 2. The number of hydrogen-bond donors (Lipinski definition) is 2. The Morgan fingerprint density at radius 3 is 2.79 bits per heavy atom. The molecule has 1 aromatic carbocycles. The highest BCUT2D eigenvalue weighted by Gasteiger charge is 2.29. The second kappa shape index (κ2) is 8.93. The maximum absolute atomic E-state index is 12.0. The highest BCUT2D eigenvalue weighted by Crippen LogP contribution is 2.24. The van der Waals surface area contributed by atoms with Gasteiger partial charge in [0, 0.05) is 24.2 Å². The number of ether oxygens (including phenoxy) is 1. The van der Waals surface area contributed by atoms with E-state index in [0.717, 1.165) is 43.6 Å². The largest absolute Gasteiger partial charge is 0.440 e. The van der Waals surface area contributed by atoms with Gasteiger partial charge in [-0.15, -0.1) is 10.2 Å². The summed E-state index contributed by atoms with van der Waals surface area (Å²) in [6.45, 7) is -1.41. The number of hydrogen-bond acceptors (Lipinski definition) is 5. The molecule has 1 aliphatic rings. The van der Waals surface area contributed by atoms with Crippen LogP contribution in [0.5, 0.6) is 0 Å². The number of halogens is 3. The summed E-state index contributed by atoms with van der Waals surface area (Å²) < 4.78 is 42.0. The first-order valence-corrected chi connectivity index (χ1v) is 9.11. The average Bonchev–Trinajstić information content (AvgIpc) is 2.93. The van der Waals surface area contributed by atoms with Crippen LogP contribution in [-0.2, 0) is 22.5 Å². The lowest BCUT2D eigenvalue weighted by Gasteiger charge is -2.11. The summed E-state index contributed by atoms with van der Waals surface area (Å²) in [7, 11) is 0. The van der Waals surface area contributed by atoms with Crippen LogP contribution >= 0.6 is 0 Å². The van der Waals surface area contributed by atoms with Gasteiger partial charge in [0.2, 0.25) is 5.91 Å². The van der Waals surface area contributed by atoms with Crippen LogP contribution in [0.3, 0.4) is 0 Å². The first-order valence-electron chi connectivity index (χ1n) is 9.11. The Morgan fingerprint density at radius 1 is 1.17 bits per heavy atom. The van der Waals surface area contributed by atoms with Crippen molar-refractivity contribution in [1.29, 1.82) is 0 Å². The maximum Gasteiger partial charge on any atom is 0.422 e. The molecule has 156 valence electrons. The number of alkyl carbamates (subject to hydrolysis) is 1. The number of aryl methyl sites for hydroxylation is 1. The zero-order valence-corrected chi connectivity index (χ0v) is 15.5. The SMILES string of the molecule is O=C(CNC(=O)OCC(F)(F)F)Nc1cccc(-c2nnc3n2CCCCC3)c1. The number of carbonyl (C=O) groups is 2. The molecule has 0 aliphatic carbocycles. The minimum Gasteiger partial charge on any atom is -0.440 e. The second-order valence-corrected chi connectivity index (χ2v) is 6.58. The lowest BCUT2D eigenvalue weighted by Crippen LogP contribution is -2.35. The van der Waals surface area contributed by atoms with Crippen molar-refractivity contribution in [3.05, 3.63) is 30.1 Å². The van der Waals surface area contributed by atoms with Gasteiger partial charge in [-0.25, -0.2) is 4.79 Å². The quantitative estimate of drug-likeness (QED) is 0.789. The third-order valence-electron chi connectivity index (χ3n) is 4.27. The number of nitrogens with zero attached hydrogens (tertiary/aromatic N) is 3. The zero-order chi connectivity index (χ0) is 20.9. The van der Waals surface area contributed by atoms with E-state index in [1.54, 1.807) is 18.2 Å². The van der Waals surface area contributed by atoms with Crippen LogP contribution in [0.4, 0.5) is 23.7 Å². The molecule has 29 heavy (non-hydrogen) atoms. The molecule has 0 bridgehead atoms. The van der Waals surface area contributed by atoms with E-state index in [4.69, 9.17) is 0 Å². The first-order chi connectivity index (χ1) is 13.8. The molecule has 0 saturated heterocycles. The van der Waals surface area contributed by atoms with Crippen molar-refractivity contribution < 1.29 is 27.5 Å². The number of fused-ring (bicyclic) bond motifs is 1. The van der Waals surface area contributed by atoms with E-state index in [1.165, 1.54) is 0 Å². The highest BCUT2D eigenvalue weighted by atomic mass is 19.4. The Morgan fingerprint density at radius 2 is 2.00 bits per heavy atom. The fourth-order valence-corrected chi connectivity index (χ4v) is 2.99. The van der Waals surface area contributed by atoms with E-state index in [2.05, 4.69) is 24.8 Å². The van der Waals surface area contributed by atoms with Gasteiger partial charge in [-0.2, -0.15) is 13.2 Å². The number of carbonyl (C=O) groups excluding carboxylic acids is 2. The Hall–Kier alpha value is -3.11. The molecule has 2 amide bonds. The fraction of sp³-hybridized carbons (Fsp3) is 0.444. The number of alkyl halides is 3. The van der Waals surface area contributed by atoms with Crippen molar-refractivity contribution in [2.24, 2.45) is 0 Å². The van der Waals surface area contributed by atoms with Gasteiger partial charge in [-0.05, 0) is 25.0 Å². The van der Waals surface area contributed by atoms with Gasteiger partial charge >= 0.3 is 12.3 Å². The van der Waals surface area contributed by atoms with Crippen molar-refractivity contribution in [2.75, 3.05) is 18.5 Å². The molecule has 0 fully saturated rings. The predicted molar refractivity (Wildman–Crippen MR) is 97.0 cm³/mol. The number of anilines is 1. The Bertz CT molecular complexity index is 882. The average molecular weight is 411 g/mol. The summed E-state index contributed by atoms with van der Waals surface area (Å²) in [4.78, 5) is 23.1. The fourth-order valence-electron chi connectivity index (χ4n) is 2.99. The van der Waals surface area contributed by atoms with Gasteiger partial charge in [0.05, 0.1) is 0 Å². The molecule has 0 unspecified atom stereocenters. The topological polar surface area (TPSA) is 98.1 Å². The number of aromatic nitrogens is 3. The minimum absolute atomic E-state index is 0.462. The Kier molecular flexibility index (Phi) is 6.35. The maximum atomic E-state index is 12.0. The molecule has 2 aromatic rings. The molecule has 0 radical (unpaired) electrons. The monoisotopic (exact) mass is 411 g/mol. The molecule has 0 spiro atoms. The smallest absolute Gasteiger partial charge is 0.422 e. The summed E-state index contributed by atoms with van der Waals surface area (Å²) >= 11 is 0. The summed E-state index contributed by atoms with van der Waals surface area (Å²) in [5.41, 5.74) is 1.24. The van der Waals surface area contributed by atoms with Crippen molar-refractivity contribution >= 4 is 17.7 Å². The van der Waals surface area contributed by atoms with Crippen LogP contribution in [0, 0.1) is 0 Å². The van der Waals surface area contributed by atoms with Crippen LogP contribution in [0.15, 0.2) is 24.3 Å². The van der Waals surface area contributed by atoms with Gasteiger partial charge in [0.15, 0.2) is 12.4 Å². The molecular weight excluding hydrogens is 391 g/mol. The molecule has 11 heteroatoms.